The van der Waals surface area contributed by atoms with Gasteiger partial charge in [0.2, 0.25) is 5.91 Å². The first-order valence-electron chi connectivity index (χ1n) is 13.4. The molecule has 0 unspecified atom stereocenters. The summed E-state index contributed by atoms with van der Waals surface area (Å²) >= 11 is 1.37. The maximum absolute atomic E-state index is 12.5. The summed E-state index contributed by atoms with van der Waals surface area (Å²) in [4.78, 5) is 12.5. The predicted molar refractivity (Wildman–Crippen MR) is 154 cm³/mol. The van der Waals surface area contributed by atoms with Gasteiger partial charge in [-0.2, -0.15) is 0 Å². The average Bonchev–Trinajstić information content (AvgIpc) is 3.31. The van der Waals surface area contributed by atoms with Crippen molar-refractivity contribution in [1.82, 2.24) is 14.8 Å². The molecule has 7 heteroatoms. The quantitative estimate of drug-likeness (QED) is 0.112. The van der Waals surface area contributed by atoms with Crippen molar-refractivity contribution in [3.05, 3.63) is 66.7 Å². The molecule has 0 aliphatic rings. The van der Waals surface area contributed by atoms with E-state index in [-0.39, 0.29) is 11.7 Å². The van der Waals surface area contributed by atoms with E-state index in [1.807, 2.05) is 66.1 Å². The molecule has 0 radical (unpaired) electrons. The molecule has 1 N–H and O–H groups in total. The van der Waals surface area contributed by atoms with Gasteiger partial charge in [-0.1, -0.05) is 87.9 Å². The zero-order valence-electron chi connectivity index (χ0n) is 22.2. The van der Waals surface area contributed by atoms with Gasteiger partial charge >= 0.3 is 0 Å². The van der Waals surface area contributed by atoms with Gasteiger partial charge in [0.25, 0.3) is 0 Å². The van der Waals surface area contributed by atoms with Crippen molar-refractivity contribution in [3.63, 3.8) is 0 Å². The number of rotatable bonds is 17. The van der Waals surface area contributed by atoms with Crippen LogP contribution in [-0.2, 0) is 11.3 Å². The van der Waals surface area contributed by atoms with Gasteiger partial charge in [-0.15, -0.1) is 16.8 Å². The Bertz CT molecular complexity index is 1110. The number of anilines is 1. The van der Waals surface area contributed by atoms with Gasteiger partial charge in [0.15, 0.2) is 11.0 Å². The van der Waals surface area contributed by atoms with E-state index >= 15 is 0 Å². The van der Waals surface area contributed by atoms with E-state index in [2.05, 4.69) is 29.0 Å². The van der Waals surface area contributed by atoms with E-state index in [1.165, 1.54) is 56.7 Å². The highest BCUT2D eigenvalue weighted by atomic mass is 32.2. The Balaban J connectivity index is 1.49. The summed E-state index contributed by atoms with van der Waals surface area (Å²) in [6.45, 7) is 9.40. The highest BCUT2D eigenvalue weighted by molar-refractivity contribution is 7.99. The lowest BCUT2D eigenvalue weighted by Crippen LogP contribution is -2.15. The van der Waals surface area contributed by atoms with Crippen molar-refractivity contribution in [3.8, 4) is 17.1 Å². The second kappa shape index (κ2) is 15.9. The average molecular weight is 521 g/mol. The number of amides is 1. The molecule has 0 fully saturated rings. The lowest BCUT2D eigenvalue weighted by atomic mass is 10.1. The molecule has 1 heterocycles. The summed E-state index contributed by atoms with van der Waals surface area (Å²) < 4.78 is 7.92. The van der Waals surface area contributed by atoms with Crippen LogP contribution in [0.3, 0.4) is 0 Å². The van der Waals surface area contributed by atoms with Gasteiger partial charge in [0.1, 0.15) is 5.75 Å². The fraction of sp³-hybridized carbons (Fsp3) is 0.433. The monoisotopic (exact) mass is 520 g/mol. The fourth-order valence-corrected chi connectivity index (χ4v) is 4.81. The first-order valence-corrected chi connectivity index (χ1v) is 14.4. The number of ether oxygens (including phenoxy) is 1. The molecular weight excluding hydrogens is 480 g/mol. The van der Waals surface area contributed by atoms with Crippen LogP contribution in [0.2, 0.25) is 0 Å². The maximum Gasteiger partial charge on any atom is 0.234 e. The summed E-state index contributed by atoms with van der Waals surface area (Å²) in [5.74, 6) is 1.78. The van der Waals surface area contributed by atoms with Crippen LogP contribution in [0, 0.1) is 6.92 Å². The molecule has 3 aromatic rings. The number of nitrogens with zero attached hydrogens (tertiary/aromatic N) is 3. The number of hydrogen-bond donors (Lipinski definition) is 1. The van der Waals surface area contributed by atoms with E-state index in [9.17, 15) is 4.79 Å². The number of hydrogen-bond acceptors (Lipinski definition) is 5. The number of nitrogens with one attached hydrogen (secondary N) is 1. The largest absolute Gasteiger partial charge is 0.494 e. The van der Waals surface area contributed by atoms with E-state index in [4.69, 9.17) is 4.74 Å². The van der Waals surface area contributed by atoms with Crippen LogP contribution >= 0.6 is 11.8 Å². The second-order valence-corrected chi connectivity index (χ2v) is 10.1. The smallest absolute Gasteiger partial charge is 0.234 e. The highest BCUT2D eigenvalue weighted by Crippen LogP contribution is 2.26. The third kappa shape index (κ3) is 9.39. The zero-order chi connectivity index (χ0) is 26.3. The van der Waals surface area contributed by atoms with Crippen LogP contribution in [0.5, 0.6) is 5.75 Å². The van der Waals surface area contributed by atoms with Crippen LogP contribution < -0.4 is 10.1 Å². The van der Waals surface area contributed by atoms with Gasteiger partial charge in [-0.25, -0.2) is 0 Å². The van der Waals surface area contributed by atoms with Crippen molar-refractivity contribution in [1.29, 1.82) is 0 Å². The maximum atomic E-state index is 12.5. The Labute approximate surface area is 225 Å². The van der Waals surface area contributed by atoms with Crippen molar-refractivity contribution in [2.75, 3.05) is 17.7 Å². The van der Waals surface area contributed by atoms with Crippen molar-refractivity contribution in [2.24, 2.45) is 0 Å². The van der Waals surface area contributed by atoms with Crippen molar-refractivity contribution >= 4 is 23.4 Å². The Morgan fingerprint density at radius 2 is 1.70 bits per heavy atom. The summed E-state index contributed by atoms with van der Waals surface area (Å²) in [6, 6.07) is 15.7. The molecule has 6 nitrogen and oxygen atoms in total. The third-order valence-corrected chi connectivity index (χ3v) is 7.13. The summed E-state index contributed by atoms with van der Waals surface area (Å²) in [7, 11) is 0. The molecular formula is C30H40N4O2S. The Morgan fingerprint density at radius 3 is 2.41 bits per heavy atom. The van der Waals surface area contributed by atoms with Crippen LogP contribution in [0.15, 0.2) is 66.3 Å². The predicted octanol–water partition coefficient (Wildman–Crippen LogP) is 7.69. The summed E-state index contributed by atoms with van der Waals surface area (Å²) in [5.41, 5.74) is 2.80. The number of unbranched alkanes of at least 4 members (excludes halogenated alkanes) is 7. The number of aromatic nitrogens is 3. The Kier molecular flexibility index (Phi) is 12.3. The Hall–Kier alpha value is -3.06. The fourth-order valence-electron chi connectivity index (χ4n) is 4.06. The van der Waals surface area contributed by atoms with Crippen molar-refractivity contribution in [2.45, 2.75) is 76.9 Å². The molecule has 0 atom stereocenters. The van der Waals surface area contributed by atoms with Gasteiger partial charge in [0, 0.05) is 17.8 Å². The van der Waals surface area contributed by atoms with Gasteiger partial charge in [-0.3, -0.25) is 9.36 Å². The molecule has 0 aliphatic carbocycles. The molecule has 37 heavy (non-hydrogen) atoms. The second-order valence-electron chi connectivity index (χ2n) is 9.20. The molecule has 1 aromatic heterocycles. The van der Waals surface area contributed by atoms with Gasteiger partial charge < -0.3 is 10.1 Å². The number of carbonyl (C=O) groups excluding carboxylic acids is 1. The van der Waals surface area contributed by atoms with Crippen molar-refractivity contribution < 1.29 is 9.53 Å². The molecule has 198 valence electrons. The molecule has 0 saturated heterocycles. The van der Waals surface area contributed by atoms with E-state index < -0.39 is 0 Å². The number of benzene rings is 2. The SMILES string of the molecule is C=CCn1c(SCC(=O)Nc2ccccc2C)nnc1-c1ccc(OCCCCCCCCCC)cc1. The summed E-state index contributed by atoms with van der Waals surface area (Å²) in [5, 5.41) is 12.4. The minimum Gasteiger partial charge on any atom is -0.494 e. The topological polar surface area (TPSA) is 69.0 Å². The lowest BCUT2D eigenvalue weighted by Gasteiger charge is -2.10. The molecule has 0 aliphatic heterocycles. The number of thioether (sulfide) groups is 1. The molecule has 2 aromatic carbocycles. The summed E-state index contributed by atoms with van der Waals surface area (Å²) in [6.07, 6.45) is 12.1. The van der Waals surface area contributed by atoms with Crippen LogP contribution in [0.4, 0.5) is 5.69 Å². The minimum atomic E-state index is -0.0769. The number of aryl methyl sites for hydroxylation is 1. The molecule has 1 amide bonds. The first kappa shape index (κ1) is 28.5. The number of allylic oxidation sites excluding steroid dienone is 1. The first-order chi connectivity index (χ1) is 18.1. The molecule has 0 saturated carbocycles. The van der Waals surface area contributed by atoms with E-state index in [1.54, 1.807) is 0 Å². The van der Waals surface area contributed by atoms with Crippen LogP contribution in [-0.4, -0.2) is 33.0 Å². The third-order valence-electron chi connectivity index (χ3n) is 6.16. The lowest BCUT2D eigenvalue weighted by molar-refractivity contribution is -0.113. The Morgan fingerprint density at radius 1 is 1.00 bits per heavy atom. The molecule has 3 rings (SSSR count). The normalized spacial score (nSPS) is 10.9. The minimum absolute atomic E-state index is 0.0769. The number of para-hydroxylation sites is 1. The van der Waals surface area contributed by atoms with E-state index in [0.29, 0.717) is 11.7 Å². The molecule has 0 spiro atoms. The molecule has 0 bridgehead atoms. The zero-order valence-corrected chi connectivity index (χ0v) is 23.1. The standard InChI is InChI=1S/C30H40N4O2S/c1-4-6-7-8-9-10-11-14-22-36-26-19-17-25(18-20-26)29-32-33-30(34(29)21-5-2)37-23-28(35)31-27-16-13-12-15-24(27)3/h5,12-13,15-20H,2,4,6-11,14,21-23H2,1,3H3,(H,31,35). The number of carbonyl (C=O) groups is 1. The van der Waals surface area contributed by atoms with Crippen LogP contribution in [0.25, 0.3) is 11.4 Å². The van der Waals surface area contributed by atoms with Crippen LogP contribution in [0.1, 0.15) is 63.9 Å². The van der Waals surface area contributed by atoms with Gasteiger partial charge in [-0.05, 0) is 49.2 Å². The van der Waals surface area contributed by atoms with E-state index in [0.717, 1.165) is 41.4 Å². The van der Waals surface area contributed by atoms with Gasteiger partial charge in [0.05, 0.1) is 12.4 Å². The highest BCUT2D eigenvalue weighted by Gasteiger charge is 2.15.